The van der Waals surface area contributed by atoms with E-state index < -0.39 is 17.6 Å². The van der Waals surface area contributed by atoms with Gasteiger partial charge in [0.05, 0.1) is 31.0 Å². The van der Waals surface area contributed by atoms with Crippen LogP contribution < -0.4 is 15.5 Å². The predicted octanol–water partition coefficient (Wildman–Crippen LogP) is 2.85. The van der Waals surface area contributed by atoms with Crippen LogP contribution in [0.1, 0.15) is 24.1 Å². The molecule has 0 bridgehead atoms. The summed E-state index contributed by atoms with van der Waals surface area (Å²) in [4.78, 5) is 23.0. The number of nitrogens with one attached hydrogen (secondary N) is 2. The topological polar surface area (TPSA) is 97.2 Å². The fraction of sp³-hybridized carbons (Fsp3) is 0.500. The van der Waals surface area contributed by atoms with Crippen molar-refractivity contribution in [1.82, 2.24) is 19.7 Å². The number of nitrogens with zero attached hydrogens (tertiary/aromatic N) is 5. The molecule has 4 rings (SSSR count). The third-order valence-electron chi connectivity index (χ3n) is 5.91. The van der Waals surface area contributed by atoms with Crippen LogP contribution in [0.3, 0.4) is 0 Å². The quantitative estimate of drug-likeness (QED) is 0.625. The Morgan fingerprint density at radius 3 is 2.75 bits per heavy atom. The number of anilines is 3. The van der Waals surface area contributed by atoms with Gasteiger partial charge < -0.3 is 20.3 Å². The van der Waals surface area contributed by atoms with Crippen molar-refractivity contribution < 1.29 is 22.7 Å². The lowest BCUT2D eigenvalue weighted by atomic mass is 10.1. The summed E-state index contributed by atoms with van der Waals surface area (Å²) in [6.07, 6.45) is -0.844. The van der Waals surface area contributed by atoms with Gasteiger partial charge in [0, 0.05) is 25.4 Å². The Morgan fingerprint density at radius 2 is 2.12 bits per heavy atom. The number of carbonyl (C=O) groups is 1. The molecule has 32 heavy (non-hydrogen) atoms. The molecule has 2 N–H and O–H groups in total. The van der Waals surface area contributed by atoms with Crippen LogP contribution in [-0.4, -0.2) is 52.0 Å². The molecule has 0 unspecified atom stereocenters. The van der Waals surface area contributed by atoms with E-state index in [-0.39, 0.29) is 37.6 Å². The lowest BCUT2D eigenvalue weighted by molar-refractivity contribution is -0.191. The highest BCUT2D eigenvalue weighted by Gasteiger charge is 2.63. The summed E-state index contributed by atoms with van der Waals surface area (Å²) in [5, 5.41) is 9.93. The summed E-state index contributed by atoms with van der Waals surface area (Å²) in [5.41, 5.74) is 0.114. The minimum Gasteiger partial charge on any atom is -0.499 e. The molecular weight excluding hydrogens is 427 g/mol. The van der Waals surface area contributed by atoms with E-state index in [4.69, 9.17) is 4.74 Å². The van der Waals surface area contributed by atoms with Gasteiger partial charge in [0.25, 0.3) is 5.91 Å². The first-order chi connectivity index (χ1) is 15.0. The molecule has 1 aliphatic carbocycles. The van der Waals surface area contributed by atoms with Crippen LogP contribution in [-0.2, 0) is 22.6 Å². The molecule has 1 fully saturated rings. The zero-order valence-electron chi connectivity index (χ0n) is 18.0. The van der Waals surface area contributed by atoms with Gasteiger partial charge in [-0.05, 0) is 19.8 Å². The fourth-order valence-corrected chi connectivity index (χ4v) is 3.76. The second kappa shape index (κ2) is 7.68. The van der Waals surface area contributed by atoms with Gasteiger partial charge in [0.2, 0.25) is 5.95 Å². The summed E-state index contributed by atoms with van der Waals surface area (Å²) in [6.45, 7) is 5.62. The number of rotatable bonds is 7. The van der Waals surface area contributed by atoms with Crippen LogP contribution in [0, 0.1) is 12.3 Å². The lowest BCUT2D eigenvalue weighted by Crippen LogP contribution is -2.48. The van der Waals surface area contributed by atoms with Gasteiger partial charge in [-0.2, -0.15) is 23.3 Å². The van der Waals surface area contributed by atoms with Gasteiger partial charge in [0.15, 0.2) is 11.9 Å². The van der Waals surface area contributed by atoms with E-state index in [0.29, 0.717) is 28.7 Å². The predicted molar refractivity (Wildman–Crippen MR) is 111 cm³/mol. The summed E-state index contributed by atoms with van der Waals surface area (Å²) >= 11 is 0. The molecule has 1 atom stereocenters. The Morgan fingerprint density at radius 1 is 1.41 bits per heavy atom. The number of fused-ring (bicyclic) bond motifs is 1. The highest BCUT2D eigenvalue weighted by molar-refractivity contribution is 6.04. The van der Waals surface area contributed by atoms with E-state index in [1.54, 1.807) is 25.1 Å². The van der Waals surface area contributed by atoms with Gasteiger partial charge >= 0.3 is 6.18 Å². The van der Waals surface area contributed by atoms with Crippen molar-refractivity contribution in [1.29, 1.82) is 0 Å². The highest BCUT2D eigenvalue weighted by atomic mass is 19.4. The van der Waals surface area contributed by atoms with Crippen molar-refractivity contribution in [2.45, 2.75) is 45.1 Å². The first-order valence-electron chi connectivity index (χ1n) is 10.0. The molecule has 1 aliphatic heterocycles. The molecule has 2 aromatic heterocycles. The average molecular weight is 451 g/mol. The number of halogens is 3. The Hall–Kier alpha value is -3.31. The van der Waals surface area contributed by atoms with E-state index in [1.807, 2.05) is 0 Å². The van der Waals surface area contributed by atoms with Crippen LogP contribution in [0.5, 0.6) is 0 Å². The minimum atomic E-state index is -4.22. The Kier molecular flexibility index (Phi) is 5.25. The summed E-state index contributed by atoms with van der Waals surface area (Å²) in [7, 11) is 3.15. The Labute approximate surface area is 182 Å². The molecule has 0 aromatic carbocycles. The van der Waals surface area contributed by atoms with Crippen molar-refractivity contribution in [3.05, 3.63) is 36.0 Å². The van der Waals surface area contributed by atoms with Crippen molar-refractivity contribution in [3.8, 4) is 0 Å². The summed E-state index contributed by atoms with van der Waals surface area (Å²) < 4.78 is 46.0. The van der Waals surface area contributed by atoms with E-state index in [1.165, 1.54) is 18.0 Å². The van der Waals surface area contributed by atoms with E-state index >= 15 is 0 Å². The minimum absolute atomic E-state index is 0.132. The van der Waals surface area contributed by atoms with Crippen LogP contribution in [0.25, 0.3) is 0 Å². The normalized spacial score (nSPS) is 19.2. The molecule has 172 valence electrons. The van der Waals surface area contributed by atoms with E-state index in [9.17, 15) is 18.0 Å². The van der Waals surface area contributed by atoms with Gasteiger partial charge in [-0.25, -0.2) is 4.98 Å². The summed E-state index contributed by atoms with van der Waals surface area (Å²) in [6, 6.07) is -0.740. The molecular formula is C20H24F3N7O2. The van der Waals surface area contributed by atoms with Crippen molar-refractivity contribution in [2.24, 2.45) is 5.41 Å². The van der Waals surface area contributed by atoms with Crippen LogP contribution in [0.15, 0.2) is 24.7 Å². The molecule has 0 spiro atoms. The van der Waals surface area contributed by atoms with Crippen LogP contribution >= 0.6 is 0 Å². The molecule has 1 saturated carbocycles. The number of methoxy groups -OCH3 is 1. The molecule has 2 aromatic rings. The number of likely N-dealkylation sites (N-methyl/N-ethyl adjacent to an activating group) is 1. The van der Waals surface area contributed by atoms with Gasteiger partial charge in [-0.15, -0.1) is 0 Å². The Balaban J connectivity index is 1.47. The standard InChI is InChI=1S/C20H24F3N7O2/c1-11-14-16(29(3)15(12(2)32-4)17(31)27-14)28-18(26-11)24-7-13-8-25-30(9-13)10-19(5-6-19)20(21,22)23/h8-9,15H,2,5-7,10H2,1,3-4H3,(H,27,31)(H,24,26,28)/t15-/m0/s1. The second-order valence-electron chi connectivity index (χ2n) is 8.18. The lowest BCUT2D eigenvalue weighted by Gasteiger charge is -2.34. The summed E-state index contributed by atoms with van der Waals surface area (Å²) in [5.74, 6) is 0.798. The van der Waals surface area contributed by atoms with Gasteiger partial charge in [0.1, 0.15) is 11.4 Å². The monoisotopic (exact) mass is 451 g/mol. The number of hydrogen-bond acceptors (Lipinski definition) is 7. The van der Waals surface area contributed by atoms with Gasteiger partial charge in [-0.3, -0.25) is 9.48 Å². The largest absolute Gasteiger partial charge is 0.499 e. The first kappa shape index (κ1) is 21.9. The maximum Gasteiger partial charge on any atom is 0.396 e. The number of alkyl halides is 3. The van der Waals surface area contributed by atoms with E-state index in [0.717, 1.165) is 0 Å². The highest BCUT2D eigenvalue weighted by Crippen LogP contribution is 2.58. The maximum absolute atomic E-state index is 13.2. The number of aryl methyl sites for hydroxylation is 1. The van der Waals surface area contributed by atoms with Crippen LogP contribution in [0.2, 0.25) is 0 Å². The third kappa shape index (κ3) is 3.84. The molecule has 1 amide bonds. The zero-order valence-corrected chi connectivity index (χ0v) is 18.0. The first-order valence-corrected chi connectivity index (χ1v) is 10.0. The number of aromatic nitrogens is 4. The number of hydrogen-bond donors (Lipinski definition) is 2. The number of ether oxygens (including phenoxy) is 1. The van der Waals surface area contributed by atoms with E-state index in [2.05, 4.69) is 32.3 Å². The van der Waals surface area contributed by atoms with Gasteiger partial charge in [-0.1, -0.05) is 6.58 Å². The van der Waals surface area contributed by atoms with Crippen molar-refractivity contribution in [2.75, 3.05) is 29.7 Å². The molecule has 3 heterocycles. The van der Waals surface area contributed by atoms with Crippen molar-refractivity contribution >= 4 is 23.4 Å². The molecule has 2 aliphatic rings. The molecule has 0 radical (unpaired) electrons. The molecule has 12 heteroatoms. The third-order valence-corrected chi connectivity index (χ3v) is 5.91. The Bertz CT molecular complexity index is 1060. The smallest absolute Gasteiger partial charge is 0.396 e. The average Bonchev–Trinajstić information content (AvgIpc) is 3.38. The zero-order chi connectivity index (χ0) is 23.3. The SMILES string of the molecule is C=C(OC)[C@H]1C(=O)Nc2c(C)nc(NCc3cnn(CC4(C(F)(F)F)CC4)c3)nc2N1C. The fourth-order valence-electron chi connectivity index (χ4n) is 3.76. The maximum atomic E-state index is 13.2. The number of carbonyl (C=O) groups excluding carboxylic acids is 1. The van der Waals surface area contributed by atoms with Crippen LogP contribution in [0.4, 0.5) is 30.6 Å². The second-order valence-corrected chi connectivity index (χ2v) is 8.18. The molecule has 9 nitrogen and oxygen atoms in total. The molecule has 0 saturated heterocycles. The number of amides is 1. The van der Waals surface area contributed by atoms with Crippen molar-refractivity contribution in [3.63, 3.8) is 0 Å².